The summed E-state index contributed by atoms with van der Waals surface area (Å²) in [5, 5.41) is 0. The van der Waals surface area contributed by atoms with Gasteiger partial charge in [-0.05, 0) is 6.92 Å². The van der Waals surface area contributed by atoms with Crippen LogP contribution in [0.4, 0.5) is 0 Å². The van der Waals surface area contributed by atoms with Gasteiger partial charge in [0.2, 0.25) is 0 Å². The van der Waals surface area contributed by atoms with Crippen LogP contribution in [-0.4, -0.2) is 33.3 Å². The number of allylic oxidation sites excluding steroid dienone is 1. The molecule has 0 aromatic carbocycles. The SMILES string of the molecule is C/C=C(\C(=O)N(C)C)S(=O)(=O)Cl. The van der Waals surface area contributed by atoms with Gasteiger partial charge in [0.25, 0.3) is 15.0 Å². The van der Waals surface area contributed by atoms with Crippen LogP contribution in [0.2, 0.25) is 0 Å². The van der Waals surface area contributed by atoms with Crippen LogP contribution in [0.3, 0.4) is 0 Å². The van der Waals surface area contributed by atoms with Gasteiger partial charge in [-0.1, -0.05) is 6.08 Å². The summed E-state index contributed by atoms with van der Waals surface area (Å²) in [6, 6.07) is 0. The van der Waals surface area contributed by atoms with Crippen LogP contribution in [0.1, 0.15) is 6.92 Å². The monoisotopic (exact) mass is 211 g/mol. The molecule has 12 heavy (non-hydrogen) atoms. The number of carbonyl (C=O) groups is 1. The highest BCUT2D eigenvalue weighted by atomic mass is 35.7. The zero-order valence-corrected chi connectivity index (χ0v) is 8.61. The van der Waals surface area contributed by atoms with Crippen LogP contribution in [0.15, 0.2) is 11.0 Å². The number of carbonyl (C=O) groups excluding carboxylic acids is 1. The molecule has 0 aliphatic carbocycles. The molecule has 0 fully saturated rings. The van der Waals surface area contributed by atoms with Crippen molar-refractivity contribution in [3.05, 3.63) is 11.0 Å². The Morgan fingerprint density at radius 3 is 1.92 bits per heavy atom. The first-order valence-electron chi connectivity index (χ1n) is 3.13. The quantitative estimate of drug-likeness (QED) is 0.495. The van der Waals surface area contributed by atoms with Crippen molar-refractivity contribution >= 4 is 25.6 Å². The molecule has 0 aliphatic heterocycles. The van der Waals surface area contributed by atoms with Gasteiger partial charge in [-0.15, -0.1) is 0 Å². The second-order valence-electron chi connectivity index (χ2n) is 2.29. The molecule has 4 nitrogen and oxygen atoms in total. The molecular formula is C6H10ClNO3S. The highest BCUT2D eigenvalue weighted by molar-refractivity contribution is 8.17. The summed E-state index contributed by atoms with van der Waals surface area (Å²) in [5.74, 6) is -0.618. The van der Waals surface area contributed by atoms with E-state index in [1.54, 1.807) is 0 Å². The normalized spacial score (nSPS) is 12.8. The molecule has 0 N–H and O–H groups in total. The highest BCUT2D eigenvalue weighted by Crippen LogP contribution is 2.13. The maximum atomic E-state index is 11.1. The Balaban J connectivity index is 5.00. The van der Waals surface area contributed by atoms with Crippen molar-refractivity contribution in [1.82, 2.24) is 4.90 Å². The first-order valence-corrected chi connectivity index (χ1v) is 5.44. The minimum Gasteiger partial charge on any atom is -0.344 e. The van der Waals surface area contributed by atoms with Gasteiger partial charge in [-0.2, -0.15) is 0 Å². The predicted octanol–water partition coefficient (Wildman–Crippen LogP) is 0.547. The van der Waals surface area contributed by atoms with Crippen LogP contribution in [0.5, 0.6) is 0 Å². The molecule has 0 aliphatic rings. The van der Waals surface area contributed by atoms with Crippen molar-refractivity contribution in [2.45, 2.75) is 6.92 Å². The third-order valence-corrected chi connectivity index (χ3v) is 2.58. The molecule has 0 unspecified atom stereocenters. The van der Waals surface area contributed by atoms with Gasteiger partial charge >= 0.3 is 0 Å². The number of hydrogen-bond donors (Lipinski definition) is 0. The molecular weight excluding hydrogens is 202 g/mol. The van der Waals surface area contributed by atoms with Crippen molar-refractivity contribution in [3.63, 3.8) is 0 Å². The van der Waals surface area contributed by atoms with Crippen LogP contribution in [0.25, 0.3) is 0 Å². The first-order chi connectivity index (χ1) is 5.30. The highest BCUT2D eigenvalue weighted by Gasteiger charge is 2.22. The van der Waals surface area contributed by atoms with Crippen LogP contribution in [0, 0.1) is 0 Å². The van der Waals surface area contributed by atoms with Gasteiger partial charge in [-0.25, -0.2) is 8.42 Å². The zero-order valence-electron chi connectivity index (χ0n) is 7.04. The van der Waals surface area contributed by atoms with E-state index in [1.165, 1.54) is 27.1 Å². The second-order valence-corrected chi connectivity index (χ2v) is 4.82. The molecule has 6 heteroatoms. The van der Waals surface area contributed by atoms with Gasteiger partial charge in [0.05, 0.1) is 0 Å². The smallest absolute Gasteiger partial charge is 0.266 e. The molecule has 0 aromatic heterocycles. The molecule has 0 saturated carbocycles. The molecule has 0 bridgehead atoms. The van der Waals surface area contributed by atoms with E-state index < -0.39 is 19.9 Å². The van der Waals surface area contributed by atoms with E-state index in [-0.39, 0.29) is 0 Å². The van der Waals surface area contributed by atoms with Crippen LogP contribution < -0.4 is 0 Å². The number of rotatable bonds is 2. The Kier molecular flexibility index (Phi) is 3.73. The standard InChI is InChI=1S/C6H10ClNO3S/c1-4-5(12(7,10)11)6(9)8(2)3/h4H,1-3H3/b5-4+. The van der Waals surface area contributed by atoms with Gasteiger partial charge in [0.1, 0.15) is 4.91 Å². The summed E-state index contributed by atoms with van der Waals surface area (Å²) in [6.45, 7) is 1.44. The summed E-state index contributed by atoms with van der Waals surface area (Å²) >= 11 is 0. The second kappa shape index (κ2) is 3.91. The average molecular weight is 212 g/mol. The van der Waals surface area contributed by atoms with E-state index in [1.807, 2.05) is 0 Å². The van der Waals surface area contributed by atoms with E-state index in [2.05, 4.69) is 0 Å². The lowest BCUT2D eigenvalue weighted by Gasteiger charge is -2.10. The number of hydrogen-bond acceptors (Lipinski definition) is 3. The minimum atomic E-state index is -3.92. The fraction of sp³-hybridized carbons (Fsp3) is 0.500. The van der Waals surface area contributed by atoms with E-state index in [0.717, 1.165) is 4.90 Å². The first kappa shape index (κ1) is 11.4. The van der Waals surface area contributed by atoms with Crippen LogP contribution in [-0.2, 0) is 13.8 Å². The molecule has 0 rings (SSSR count). The Morgan fingerprint density at radius 1 is 1.42 bits per heavy atom. The summed E-state index contributed by atoms with van der Waals surface area (Å²) in [4.78, 5) is 11.9. The lowest BCUT2D eigenvalue weighted by atomic mass is 10.5. The summed E-state index contributed by atoms with van der Waals surface area (Å²) in [6.07, 6.45) is 1.17. The van der Waals surface area contributed by atoms with E-state index >= 15 is 0 Å². The van der Waals surface area contributed by atoms with E-state index in [9.17, 15) is 13.2 Å². The summed E-state index contributed by atoms with van der Waals surface area (Å²) in [7, 11) is 3.98. The fourth-order valence-electron chi connectivity index (χ4n) is 0.589. The van der Waals surface area contributed by atoms with Gasteiger partial charge in [0.15, 0.2) is 0 Å². The molecule has 0 spiro atoms. The van der Waals surface area contributed by atoms with Crippen molar-refractivity contribution in [2.24, 2.45) is 0 Å². The minimum absolute atomic E-state index is 0.394. The predicted molar refractivity (Wildman–Crippen MR) is 47.2 cm³/mol. The molecule has 70 valence electrons. The molecule has 0 radical (unpaired) electrons. The average Bonchev–Trinajstić information content (AvgIpc) is 1.85. The van der Waals surface area contributed by atoms with Gasteiger partial charge in [0, 0.05) is 24.8 Å². The number of likely N-dealkylation sites (N-methyl/N-ethyl adjacent to an activating group) is 1. The number of halogens is 1. The van der Waals surface area contributed by atoms with E-state index in [0.29, 0.717) is 0 Å². The number of amides is 1. The Morgan fingerprint density at radius 2 is 1.83 bits per heavy atom. The Labute approximate surface area is 76.2 Å². The third-order valence-electron chi connectivity index (χ3n) is 1.14. The molecule has 1 amide bonds. The van der Waals surface area contributed by atoms with Gasteiger partial charge in [-0.3, -0.25) is 4.79 Å². The Hall–Kier alpha value is -0.550. The molecule has 0 heterocycles. The number of nitrogens with zero attached hydrogens (tertiary/aromatic N) is 1. The fourth-order valence-corrected chi connectivity index (χ4v) is 1.73. The van der Waals surface area contributed by atoms with Gasteiger partial charge < -0.3 is 4.90 Å². The maximum Gasteiger partial charge on any atom is 0.266 e. The topological polar surface area (TPSA) is 54.5 Å². The van der Waals surface area contributed by atoms with E-state index in [4.69, 9.17) is 10.7 Å². The van der Waals surface area contributed by atoms with Crippen LogP contribution >= 0.6 is 10.7 Å². The van der Waals surface area contributed by atoms with Crippen molar-refractivity contribution in [3.8, 4) is 0 Å². The molecule has 0 aromatic rings. The molecule has 0 atom stereocenters. The Bertz CT molecular complexity index is 305. The van der Waals surface area contributed by atoms with Crippen molar-refractivity contribution < 1.29 is 13.2 Å². The summed E-state index contributed by atoms with van der Waals surface area (Å²) in [5.41, 5.74) is 0. The van der Waals surface area contributed by atoms with Crippen molar-refractivity contribution in [2.75, 3.05) is 14.1 Å². The van der Waals surface area contributed by atoms with Crippen molar-refractivity contribution in [1.29, 1.82) is 0 Å². The largest absolute Gasteiger partial charge is 0.344 e. The lowest BCUT2D eigenvalue weighted by molar-refractivity contribution is -0.124. The molecule has 0 saturated heterocycles. The third kappa shape index (κ3) is 2.83. The zero-order chi connectivity index (χ0) is 9.94. The summed E-state index contributed by atoms with van der Waals surface area (Å²) < 4.78 is 21.5. The lowest BCUT2D eigenvalue weighted by Crippen LogP contribution is -2.25. The maximum absolute atomic E-state index is 11.1.